The van der Waals surface area contributed by atoms with Crippen molar-refractivity contribution in [1.82, 2.24) is 5.32 Å². The fourth-order valence-corrected chi connectivity index (χ4v) is 2.64. The van der Waals surface area contributed by atoms with Gasteiger partial charge in [-0.25, -0.2) is 17.6 Å². The Hall–Kier alpha value is -2.22. The summed E-state index contributed by atoms with van der Waals surface area (Å²) in [5.41, 5.74) is -0.378. The molecule has 0 aliphatic rings. The number of hydrogen-bond donors (Lipinski definition) is 2. The van der Waals surface area contributed by atoms with Crippen molar-refractivity contribution >= 4 is 21.7 Å². The van der Waals surface area contributed by atoms with Crippen molar-refractivity contribution in [2.45, 2.75) is 4.90 Å². The van der Waals surface area contributed by atoms with Gasteiger partial charge in [-0.1, -0.05) is 6.08 Å². The molecule has 0 aromatic heterocycles. The molecule has 1 aromatic rings. The number of nitrogens with one attached hydrogen (secondary N) is 1. The molecule has 0 heterocycles. The molecule has 1 aromatic carbocycles. The van der Waals surface area contributed by atoms with Gasteiger partial charge in [-0.05, 0) is 18.2 Å². The smallest absolute Gasteiger partial charge is 0.335 e. The molecule has 0 aliphatic heterocycles. The molecule has 0 saturated heterocycles. The zero-order valence-electron chi connectivity index (χ0n) is 10.3. The van der Waals surface area contributed by atoms with Crippen LogP contribution in [-0.2, 0) is 14.6 Å². The third kappa shape index (κ3) is 3.89. The first-order chi connectivity index (χ1) is 9.27. The normalized spacial score (nSPS) is 10.8. The van der Waals surface area contributed by atoms with Gasteiger partial charge in [0.05, 0.1) is 5.56 Å². The molecule has 0 unspecified atom stereocenters. The minimum Gasteiger partial charge on any atom is -0.478 e. The van der Waals surface area contributed by atoms with E-state index in [0.29, 0.717) is 6.07 Å². The Morgan fingerprint density at radius 3 is 2.60 bits per heavy atom. The maximum Gasteiger partial charge on any atom is 0.335 e. The summed E-state index contributed by atoms with van der Waals surface area (Å²) in [7, 11) is -4.26. The number of carboxylic acids is 1. The second-order valence-electron chi connectivity index (χ2n) is 3.80. The van der Waals surface area contributed by atoms with Crippen LogP contribution in [0.5, 0.6) is 0 Å². The Balaban J connectivity index is 3.09. The number of rotatable bonds is 6. The molecular weight excluding hydrogens is 289 g/mol. The highest BCUT2D eigenvalue weighted by Gasteiger charge is 2.24. The molecule has 0 bridgehead atoms. The number of hydrogen-bond acceptors (Lipinski definition) is 4. The summed E-state index contributed by atoms with van der Waals surface area (Å²) in [6, 6.07) is 2.36. The number of sulfone groups is 1. The molecule has 0 atom stereocenters. The number of benzene rings is 1. The molecule has 0 fully saturated rings. The summed E-state index contributed by atoms with van der Waals surface area (Å²) in [4.78, 5) is 21.3. The van der Waals surface area contributed by atoms with Crippen LogP contribution in [0.25, 0.3) is 0 Å². The van der Waals surface area contributed by atoms with Crippen LogP contribution in [0.4, 0.5) is 4.39 Å². The van der Waals surface area contributed by atoms with Gasteiger partial charge >= 0.3 is 5.97 Å². The third-order valence-electron chi connectivity index (χ3n) is 2.28. The first-order valence-electron chi connectivity index (χ1n) is 5.41. The van der Waals surface area contributed by atoms with Crippen molar-refractivity contribution in [2.75, 3.05) is 12.3 Å². The van der Waals surface area contributed by atoms with Gasteiger partial charge in [0.25, 0.3) is 0 Å². The predicted octanol–water partition coefficient (Wildman–Crippen LogP) is 0.600. The van der Waals surface area contributed by atoms with Gasteiger partial charge in [0.15, 0.2) is 9.84 Å². The van der Waals surface area contributed by atoms with E-state index in [1.165, 1.54) is 6.08 Å². The number of amides is 1. The van der Waals surface area contributed by atoms with Gasteiger partial charge in [-0.15, -0.1) is 6.58 Å². The summed E-state index contributed by atoms with van der Waals surface area (Å²) < 4.78 is 37.3. The average molecular weight is 301 g/mol. The van der Waals surface area contributed by atoms with Crippen LogP contribution in [0.15, 0.2) is 35.7 Å². The lowest BCUT2D eigenvalue weighted by Crippen LogP contribution is -2.30. The van der Waals surface area contributed by atoms with Crippen LogP contribution in [-0.4, -0.2) is 37.7 Å². The fraction of sp³-hybridized carbons (Fsp3) is 0.167. The first-order valence-corrected chi connectivity index (χ1v) is 7.06. The lowest BCUT2D eigenvalue weighted by Gasteiger charge is -2.07. The highest BCUT2D eigenvalue weighted by atomic mass is 32.2. The van der Waals surface area contributed by atoms with Crippen LogP contribution in [0, 0.1) is 5.82 Å². The Kier molecular flexibility index (Phi) is 4.98. The number of carbonyl (C=O) groups is 2. The number of halogens is 1. The molecule has 0 saturated carbocycles. The van der Waals surface area contributed by atoms with Gasteiger partial charge in [0.1, 0.15) is 16.5 Å². The summed E-state index contributed by atoms with van der Waals surface area (Å²) in [5.74, 6) is -4.30. The third-order valence-corrected chi connectivity index (χ3v) is 3.90. The van der Waals surface area contributed by atoms with Gasteiger partial charge in [-0.3, -0.25) is 4.79 Å². The summed E-state index contributed by atoms with van der Waals surface area (Å²) in [6.07, 6.45) is 1.36. The topological polar surface area (TPSA) is 101 Å². The van der Waals surface area contributed by atoms with Crippen molar-refractivity contribution in [2.24, 2.45) is 0 Å². The quantitative estimate of drug-likeness (QED) is 0.749. The van der Waals surface area contributed by atoms with E-state index < -0.39 is 38.2 Å². The zero-order valence-corrected chi connectivity index (χ0v) is 11.1. The fourth-order valence-electron chi connectivity index (χ4n) is 1.36. The van der Waals surface area contributed by atoms with Gasteiger partial charge in [-0.2, -0.15) is 0 Å². The number of carboxylic acid groups (broad SMARTS) is 1. The van der Waals surface area contributed by atoms with Gasteiger partial charge < -0.3 is 10.4 Å². The molecule has 1 amide bonds. The van der Waals surface area contributed by atoms with E-state index in [1.807, 2.05) is 0 Å². The van der Waals surface area contributed by atoms with Crippen molar-refractivity contribution < 1.29 is 27.5 Å². The summed E-state index contributed by atoms with van der Waals surface area (Å²) >= 11 is 0. The van der Waals surface area contributed by atoms with E-state index in [1.54, 1.807) is 0 Å². The molecule has 8 heteroatoms. The van der Waals surface area contributed by atoms with Crippen LogP contribution >= 0.6 is 0 Å². The van der Waals surface area contributed by atoms with Crippen LogP contribution in [0.2, 0.25) is 0 Å². The largest absolute Gasteiger partial charge is 0.478 e. The zero-order chi connectivity index (χ0) is 15.3. The lowest BCUT2D eigenvalue weighted by atomic mass is 10.2. The highest BCUT2D eigenvalue weighted by molar-refractivity contribution is 7.92. The Bertz CT molecular complexity index is 654. The van der Waals surface area contributed by atoms with Crippen LogP contribution in [0.1, 0.15) is 10.4 Å². The van der Waals surface area contributed by atoms with Crippen molar-refractivity contribution in [3.8, 4) is 0 Å². The number of carbonyl (C=O) groups excluding carboxylic acids is 1. The molecule has 20 heavy (non-hydrogen) atoms. The predicted molar refractivity (Wildman–Crippen MR) is 68.6 cm³/mol. The second-order valence-corrected chi connectivity index (χ2v) is 5.76. The molecule has 1 rings (SSSR count). The Morgan fingerprint density at radius 1 is 1.40 bits per heavy atom. The van der Waals surface area contributed by atoms with E-state index in [4.69, 9.17) is 5.11 Å². The maximum atomic E-state index is 13.5. The molecule has 108 valence electrons. The average Bonchev–Trinajstić information content (AvgIpc) is 2.35. The van der Waals surface area contributed by atoms with E-state index in [9.17, 15) is 22.4 Å². The van der Waals surface area contributed by atoms with E-state index in [0.717, 1.165) is 12.1 Å². The lowest BCUT2D eigenvalue weighted by molar-refractivity contribution is -0.118. The molecule has 0 aliphatic carbocycles. The first kappa shape index (κ1) is 15.8. The van der Waals surface area contributed by atoms with Crippen molar-refractivity contribution in [3.05, 3.63) is 42.2 Å². The van der Waals surface area contributed by atoms with Gasteiger partial charge in [0, 0.05) is 6.54 Å². The summed E-state index contributed by atoms with van der Waals surface area (Å²) in [5, 5.41) is 11.0. The molecule has 2 N–H and O–H groups in total. The van der Waals surface area contributed by atoms with Crippen molar-refractivity contribution in [1.29, 1.82) is 0 Å². The van der Waals surface area contributed by atoms with E-state index in [2.05, 4.69) is 11.9 Å². The van der Waals surface area contributed by atoms with E-state index in [-0.39, 0.29) is 12.1 Å². The Morgan fingerprint density at radius 2 is 2.05 bits per heavy atom. The van der Waals surface area contributed by atoms with E-state index >= 15 is 0 Å². The number of aromatic carboxylic acids is 1. The summed E-state index contributed by atoms with van der Waals surface area (Å²) in [6.45, 7) is 3.42. The Labute approximate surface area is 114 Å². The standard InChI is InChI=1S/C12H12FNO5S/c1-2-5-14-11(15)7-20(18,19)10-6-8(12(16)17)3-4-9(10)13/h2-4,6H,1,5,7H2,(H,14,15)(H,16,17). The minimum atomic E-state index is -4.26. The van der Waals surface area contributed by atoms with Crippen LogP contribution < -0.4 is 5.32 Å². The minimum absolute atomic E-state index is 0.0754. The molecular formula is C12H12FNO5S. The molecule has 6 nitrogen and oxygen atoms in total. The maximum absolute atomic E-state index is 13.5. The SMILES string of the molecule is C=CCNC(=O)CS(=O)(=O)c1cc(C(=O)O)ccc1F. The molecule has 0 spiro atoms. The second kappa shape index (κ2) is 6.29. The van der Waals surface area contributed by atoms with Crippen LogP contribution in [0.3, 0.4) is 0 Å². The monoisotopic (exact) mass is 301 g/mol. The van der Waals surface area contributed by atoms with Crippen molar-refractivity contribution in [3.63, 3.8) is 0 Å². The molecule has 0 radical (unpaired) electrons. The van der Waals surface area contributed by atoms with Gasteiger partial charge in [0.2, 0.25) is 5.91 Å². The highest BCUT2D eigenvalue weighted by Crippen LogP contribution is 2.18.